The molecule has 144 valence electrons. The van der Waals surface area contributed by atoms with Gasteiger partial charge in [-0.3, -0.25) is 24.1 Å². The van der Waals surface area contributed by atoms with Gasteiger partial charge in [0.25, 0.3) is 17.7 Å². The molecule has 0 atom stereocenters. The summed E-state index contributed by atoms with van der Waals surface area (Å²) in [6, 6.07) is 6.63. The van der Waals surface area contributed by atoms with E-state index in [2.05, 4.69) is 6.58 Å². The molecule has 7 nitrogen and oxygen atoms in total. The molecule has 2 rings (SSSR count). The number of carbonyl (C=O) groups is 4. The fraction of sp³-hybridized carbons (Fsp3) is 0.400. The lowest BCUT2D eigenvalue weighted by molar-refractivity contribution is -0.151. The summed E-state index contributed by atoms with van der Waals surface area (Å²) in [7, 11) is 0. The van der Waals surface area contributed by atoms with Crippen molar-refractivity contribution < 1.29 is 23.9 Å². The molecule has 1 aromatic carbocycles. The van der Waals surface area contributed by atoms with Crippen LogP contribution in [0.1, 0.15) is 47.4 Å². The predicted octanol–water partition coefficient (Wildman–Crippen LogP) is 2.03. The molecule has 0 aliphatic carbocycles. The first-order valence-electron chi connectivity index (χ1n) is 8.88. The van der Waals surface area contributed by atoms with Crippen LogP contribution in [0, 0.1) is 0 Å². The van der Waals surface area contributed by atoms with E-state index >= 15 is 0 Å². The maximum atomic E-state index is 12.2. The highest BCUT2D eigenvalue weighted by molar-refractivity contribution is 6.21. The van der Waals surface area contributed by atoms with Crippen LogP contribution in [-0.4, -0.2) is 59.7 Å². The number of hydrogen-bond acceptors (Lipinski definition) is 5. The number of benzene rings is 1. The van der Waals surface area contributed by atoms with Crippen LogP contribution < -0.4 is 0 Å². The molecular weight excluding hydrogens is 348 g/mol. The van der Waals surface area contributed by atoms with Crippen LogP contribution >= 0.6 is 0 Å². The summed E-state index contributed by atoms with van der Waals surface area (Å²) < 4.78 is 5.00. The quantitative estimate of drug-likeness (QED) is 0.376. The summed E-state index contributed by atoms with van der Waals surface area (Å²) in [5.74, 6) is -1.52. The average Bonchev–Trinajstić information content (AvgIpc) is 2.89. The van der Waals surface area contributed by atoms with E-state index in [1.165, 1.54) is 0 Å². The fourth-order valence-corrected chi connectivity index (χ4v) is 2.83. The normalized spacial score (nSPS) is 12.7. The Kier molecular flexibility index (Phi) is 6.87. The van der Waals surface area contributed by atoms with Crippen molar-refractivity contribution in [2.45, 2.75) is 26.7 Å². The molecule has 1 aliphatic heterocycles. The number of amides is 3. The Morgan fingerprint density at radius 3 is 2.26 bits per heavy atom. The fourth-order valence-electron chi connectivity index (χ4n) is 2.83. The van der Waals surface area contributed by atoms with E-state index < -0.39 is 5.97 Å². The van der Waals surface area contributed by atoms with Crippen LogP contribution in [0.25, 0.3) is 0 Å². The largest absolute Gasteiger partial charge is 0.456 e. The van der Waals surface area contributed by atoms with Crippen LogP contribution in [0.2, 0.25) is 0 Å². The van der Waals surface area contributed by atoms with E-state index in [1.807, 2.05) is 13.8 Å². The van der Waals surface area contributed by atoms with Crippen molar-refractivity contribution in [2.75, 3.05) is 26.2 Å². The molecule has 0 saturated carbocycles. The number of likely N-dealkylation sites (N-methyl/N-ethyl adjacent to an activating group) is 1. The van der Waals surface area contributed by atoms with Crippen molar-refractivity contribution in [2.24, 2.45) is 0 Å². The lowest BCUT2D eigenvalue weighted by atomic mass is 10.1. The Morgan fingerprint density at radius 1 is 1.15 bits per heavy atom. The molecule has 0 radical (unpaired) electrons. The third-order valence-corrected chi connectivity index (χ3v) is 4.19. The average molecular weight is 372 g/mol. The molecule has 0 saturated heterocycles. The molecular formula is C20H24N2O5. The number of imide groups is 1. The van der Waals surface area contributed by atoms with Gasteiger partial charge in [-0.15, -0.1) is 0 Å². The summed E-state index contributed by atoms with van der Waals surface area (Å²) in [6.45, 7) is 8.15. The molecule has 3 amide bonds. The second-order valence-electron chi connectivity index (χ2n) is 6.44. The second kappa shape index (κ2) is 9.12. The van der Waals surface area contributed by atoms with Gasteiger partial charge < -0.3 is 9.64 Å². The molecule has 27 heavy (non-hydrogen) atoms. The smallest absolute Gasteiger partial charge is 0.306 e. The molecule has 0 unspecified atom stereocenters. The van der Waals surface area contributed by atoms with E-state index in [-0.39, 0.29) is 43.7 Å². The minimum absolute atomic E-state index is 0.0211. The zero-order chi connectivity index (χ0) is 20.0. The van der Waals surface area contributed by atoms with Crippen LogP contribution in [-0.2, 0) is 14.3 Å². The third-order valence-electron chi connectivity index (χ3n) is 4.19. The predicted molar refractivity (Wildman–Crippen MR) is 99.1 cm³/mol. The van der Waals surface area contributed by atoms with Crippen molar-refractivity contribution in [1.82, 2.24) is 9.80 Å². The Morgan fingerprint density at radius 2 is 1.74 bits per heavy atom. The zero-order valence-corrected chi connectivity index (χ0v) is 15.7. The molecule has 0 fully saturated rings. The SMILES string of the molecule is C=C(C)CN(CC)C(=O)COC(=O)CCCN1C(=O)c2ccccc2C1=O. The van der Waals surface area contributed by atoms with Crippen molar-refractivity contribution in [3.8, 4) is 0 Å². The first-order chi connectivity index (χ1) is 12.8. The summed E-state index contributed by atoms with van der Waals surface area (Å²) in [5, 5.41) is 0. The highest BCUT2D eigenvalue weighted by Crippen LogP contribution is 2.22. The van der Waals surface area contributed by atoms with Crippen molar-refractivity contribution in [1.29, 1.82) is 0 Å². The number of carbonyl (C=O) groups excluding carboxylic acids is 4. The highest BCUT2D eigenvalue weighted by atomic mass is 16.5. The highest BCUT2D eigenvalue weighted by Gasteiger charge is 2.34. The molecule has 1 aliphatic rings. The van der Waals surface area contributed by atoms with Crippen molar-refractivity contribution in [3.05, 3.63) is 47.5 Å². The maximum Gasteiger partial charge on any atom is 0.306 e. The summed E-state index contributed by atoms with van der Waals surface area (Å²) in [6.07, 6.45) is 0.301. The van der Waals surface area contributed by atoms with Gasteiger partial charge in [-0.25, -0.2) is 0 Å². The standard InChI is InChI=1S/C20H24N2O5/c1-4-21(12-14(2)3)17(23)13-27-18(24)10-7-11-22-19(25)15-8-5-6-9-16(15)20(22)26/h5-6,8-9H,2,4,7,10-13H2,1,3H3. The first kappa shape index (κ1) is 20.4. The number of nitrogens with zero attached hydrogens (tertiary/aromatic N) is 2. The number of hydrogen-bond donors (Lipinski definition) is 0. The lowest BCUT2D eigenvalue weighted by Gasteiger charge is -2.20. The van der Waals surface area contributed by atoms with Crippen LogP contribution in [0.15, 0.2) is 36.4 Å². The minimum Gasteiger partial charge on any atom is -0.456 e. The maximum absolute atomic E-state index is 12.2. The lowest BCUT2D eigenvalue weighted by Crippen LogP contribution is -2.35. The monoisotopic (exact) mass is 372 g/mol. The number of ether oxygens (including phenoxy) is 1. The van der Waals surface area contributed by atoms with Crippen LogP contribution in [0.3, 0.4) is 0 Å². The third kappa shape index (κ3) is 5.03. The van der Waals surface area contributed by atoms with Gasteiger partial charge in [0.05, 0.1) is 11.1 Å². The summed E-state index contributed by atoms with van der Waals surface area (Å²) in [5.41, 5.74) is 1.61. The number of rotatable bonds is 9. The van der Waals surface area contributed by atoms with Gasteiger partial charge >= 0.3 is 5.97 Å². The van der Waals surface area contributed by atoms with Crippen molar-refractivity contribution >= 4 is 23.7 Å². The van der Waals surface area contributed by atoms with Gasteiger partial charge in [-0.1, -0.05) is 24.3 Å². The minimum atomic E-state index is -0.536. The molecule has 0 spiro atoms. The summed E-state index contributed by atoms with van der Waals surface area (Å²) >= 11 is 0. The molecule has 0 N–H and O–H groups in total. The van der Waals surface area contributed by atoms with E-state index in [1.54, 1.807) is 29.2 Å². The Labute approximate surface area is 158 Å². The van der Waals surface area contributed by atoms with Gasteiger partial charge in [0.15, 0.2) is 6.61 Å². The Balaban J connectivity index is 1.75. The summed E-state index contributed by atoms with van der Waals surface area (Å²) in [4.78, 5) is 51.0. The van der Waals surface area contributed by atoms with E-state index in [0.29, 0.717) is 24.2 Å². The van der Waals surface area contributed by atoms with E-state index in [0.717, 1.165) is 10.5 Å². The number of esters is 1. The molecule has 7 heteroatoms. The zero-order valence-electron chi connectivity index (χ0n) is 15.7. The second-order valence-corrected chi connectivity index (χ2v) is 6.44. The Hall–Kier alpha value is -2.96. The molecule has 1 heterocycles. The molecule has 0 bridgehead atoms. The van der Waals surface area contributed by atoms with Crippen molar-refractivity contribution in [3.63, 3.8) is 0 Å². The van der Waals surface area contributed by atoms with Gasteiger partial charge in [-0.2, -0.15) is 0 Å². The van der Waals surface area contributed by atoms with Gasteiger partial charge in [0.2, 0.25) is 0 Å². The topological polar surface area (TPSA) is 84.0 Å². The van der Waals surface area contributed by atoms with Gasteiger partial charge in [0.1, 0.15) is 0 Å². The van der Waals surface area contributed by atoms with Gasteiger partial charge in [-0.05, 0) is 32.4 Å². The van der Waals surface area contributed by atoms with E-state index in [9.17, 15) is 19.2 Å². The molecule has 0 aromatic heterocycles. The Bertz CT molecular complexity index is 736. The first-order valence-corrected chi connectivity index (χ1v) is 8.88. The number of fused-ring (bicyclic) bond motifs is 1. The van der Waals surface area contributed by atoms with E-state index in [4.69, 9.17) is 4.74 Å². The van der Waals surface area contributed by atoms with Gasteiger partial charge in [0, 0.05) is 26.1 Å². The van der Waals surface area contributed by atoms with Crippen LogP contribution in [0.5, 0.6) is 0 Å². The molecule has 1 aromatic rings. The van der Waals surface area contributed by atoms with Crippen LogP contribution in [0.4, 0.5) is 0 Å².